The molecule has 1 aromatic heterocycles. The van der Waals surface area contributed by atoms with E-state index < -0.39 is 0 Å². The third-order valence-electron chi connectivity index (χ3n) is 1.98. The van der Waals surface area contributed by atoms with Gasteiger partial charge in [-0.2, -0.15) is 0 Å². The zero-order chi connectivity index (χ0) is 10.4. The first-order valence-corrected chi connectivity index (χ1v) is 6.57. The highest BCUT2D eigenvalue weighted by Gasteiger charge is 1.96. The highest BCUT2D eigenvalue weighted by atomic mass is 79.9. The number of rotatable bonds is 5. The molecule has 0 spiro atoms. The molecule has 0 unspecified atom stereocenters. The van der Waals surface area contributed by atoms with E-state index in [0.29, 0.717) is 0 Å². The van der Waals surface area contributed by atoms with Crippen LogP contribution in [0.3, 0.4) is 0 Å². The van der Waals surface area contributed by atoms with Gasteiger partial charge in [-0.25, -0.2) is 0 Å². The van der Waals surface area contributed by atoms with Gasteiger partial charge in [0.15, 0.2) is 0 Å². The zero-order valence-electron chi connectivity index (χ0n) is 7.88. The smallest absolute Gasteiger partial charge is 0.250 e. The Balaban J connectivity index is 2.49. The fourth-order valence-electron chi connectivity index (χ4n) is 1.23. The highest BCUT2D eigenvalue weighted by Crippen LogP contribution is 2.06. The van der Waals surface area contributed by atoms with Crippen LogP contribution in [0.1, 0.15) is 19.3 Å². The monoisotopic (exact) mass is 321 g/mol. The Kier molecular flexibility index (Phi) is 5.48. The topological polar surface area (TPSA) is 22.0 Å². The third-order valence-corrected chi connectivity index (χ3v) is 3.01. The van der Waals surface area contributed by atoms with Gasteiger partial charge >= 0.3 is 0 Å². The van der Waals surface area contributed by atoms with Gasteiger partial charge in [-0.3, -0.25) is 4.79 Å². The summed E-state index contributed by atoms with van der Waals surface area (Å²) in [4.78, 5) is 11.4. The molecule has 0 atom stereocenters. The van der Waals surface area contributed by atoms with E-state index in [2.05, 4.69) is 31.9 Å². The molecule has 0 radical (unpaired) electrons. The van der Waals surface area contributed by atoms with E-state index in [1.165, 1.54) is 6.42 Å². The van der Waals surface area contributed by atoms with E-state index >= 15 is 0 Å². The van der Waals surface area contributed by atoms with Crippen LogP contribution in [0.15, 0.2) is 27.6 Å². The van der Waals surface area contributed by atoms with E-state index in [-0.39, 0.29) is 5.56 Å². The van der Waals surface area contributed by atoms with Crippen molar-refractivity contribution in [3.8, 4) is 0 Å². The van der Waals surface area contributed by atoms with Crippen molar-refractivity contribution in [3.63, 3.8) is 0 Å². The van der Waals surface area contributed by atoms with Crippen LogP contribution in [0.5, 0.6) is 0 Å². The summed E-state index contributed by atoms with van der Waals surface area (Å²) < 4.78 is 2.70. The summed E-state index contributed by atoms with van der Waals surface area (Å²) in [5.74, 6) is 0. The molecular formula is C10H13Br2NO. The minimum absolute atomic E-state index is 0.0760. The second kappa shape index (κ2) is 6.40. The molecule has 2 nitrogen and oxygen atoms in total. The number of nitrogens with zero attached hydrogens (tertiary/aromatic N) is 1. The molecule has 0 aromatic carbocycles. The van der Waals surface area contributed by atoms with Gasteiger partial charge in [-0.15, -0.1) is 0 Å². The van der Waals surface area contributed by atoms with Crippen molar-refractivity contribution in [2.45, 2.75) is 25.8 Å². The summed E-state index contributed by atoms with van der Waals surface area (Å²) in [6.07, 6.45) is 5.23. The van der Waals surface area contributed by atoms with Crippen molar-refractivity contribution in [2.75, 3.05) is 5.33 Å². The van der Waals surface area contributed by atoms with Crippen LogP contribution in [0, 0.1) is 0 Å². The first-order valence-electron chi connectivity index (χ1n) is 4.66. The van der Waals surface area contributed by atoms with Crippen LogP contribution in [-0.4, -0.2) is 9.90 Å². The Morgan fingerprint density at radius 2 is 2.00 bits per heavy atom. The second-order valence-electron chi connectivity index (χ2n) is 3.13. The molecule has 0 amide bonds. The minimum Gasteiger partial charge on any atom is -0.314 e. The quantitative estimate of drug-likeness (QED) is 0.603. The molecule has 0 aliphatic rings. The molecule has 14 heavy (non-hydrogen) atoms. The van der Waals surface area contributed by atoms with Gasteiger partial charge in [0.25, 0.3) is 5.56 Å². The van der Waals surface area contributed by atoms with Gasteiger partial charge in [0.1, 0.15) is 0 Å². The van der Waals surface area contributed by atoms with E-state index in [1.807, 2.05) is 6.20 Å². The zero-order valence-corrected chi connectivity index (χ0v) is 11.1. The van der Waals surface area contributed by atoms with Gasteiger partial charge in [0.05, 0.1) is 0 Å². The molecule has 0 bridgehead atoms. The molecule has 1 heterocycles. The Bertz CT molecular complexity index is 335. The number of hydrogen-bond acceptors (Lipinski definition) is 1. The maximum atomic E-state index is 11.4. The number of pyridine rings is 1. The van der Waals surface area contributed by atoms with Crippen molar-refractivity contribution in [3.05, 3.63) is 33.2 Å². The molecule has 1 rings (SSSR count). The summed E-state index contributed by atoms with van der Waals surface area (Å²) in [7, 11) is 0. The minimum atomic E-state index is 0.0760. The lowest BCUT2D eigenvalue weighted by atomic mass is 10.2. The molecule has 1 aromatic rings. The molecule has 0 aliphatic carbocycles. The van der Waals surface area contributed by atoms with Crippen LogP contribution in [0.25, 0.3) is 0 Å². The summed E-state index contributed by atoms with van der Waals surface area (Å²) in [6, 6.07) is 3.37. The summed E-state index contributed by atoms with van der Waals surface area (Å²) in [5, 5.41) is 1.04. The fraction of sp³-hybridized carbons (Fsp3) is 0.500. The molecule has 0 saturated carbocycles. The third kappa shape index (κ3) is 3.96. The SMILES string of the molecule is O=c1ccc(Br)cn1CCCCCBr. The number of unbranched alkanes of at least 4 members (excludes halogenated alkanes) is 2. The first kappa shape index (κ1) is 12.0. The van der Waals surface area contributed by atoms with Crippen LogP contribution in [-0.2, 0) is 6.54 Å². The molecule has 0 fully saturated rings. The lowest BCUT2D eigenvalue weighted by Gasteiger charge is -2.04. The van der Waals surface area contributed by atoms with Crippen molar-refractivity contribution >= 4 is 31.9 Å². The van der Waals surface area contributed by atoms with Crippen molar-refractivity contribution in [1.29, 1.82) is 0 Å². The van der Waals surface area contributed by atoms with Gasteiger partial charge in [-0.1, -0.05) is 22.4 Å². The fourth-order valence-corrected chi connectivity index (χ4v) is 2.01. The van der Waals surface area contributed by atoms with Gasteiger partial charge in [0, 0.05) is 28.6 Å². The number of aryl methyl sites for hydroxylation is 1. The molecule has 4 heteroatoms. The van der Waals surface area contributed by atoms with Gasteiger partial charge in [-0.05, 0) is 34.8 Å². The number of aromatic nitrogens is 1. The predicted octanol–water partition coefficient (Wildman–Crippen LogP) is 3.18. The number of alkyl halides is 1. The summed E-state index contributed by atoms with van der Waals surface area (Å²) in [5.41, 5.74) is 0.0760. The Hall–Kier alpha value is -0.0900. The average Bonchev–Trinajstić information content (AvgIpc) is 2.18. The van der Waals surface area contributed by atoms with Crippen molar-refractivity contribution in [1.82, 2.24) is 4.57 Å². The maximum absolute atomic E-state index is 11.4. The number of halogens is 2. The first-order chi connectivity index (χ1) is 6.74. The largest absolute Gasteiger partial charge is 0.314 e. The lowest BCUT2D eigenvalue weighted by Crippen LogP contribution is -2.18. The predicted molar refractivity (Wildman–Crippen MR) is 66.0 cm³/mol. The Morgan fingerprint density at radius 3 is 2.71 bits per heavy atom. The van der Waals surface area contributed by atoms with Crippen LogP contribution >= 0.6 is 31.9 Å². The molecule has 0 saturated heterocycles. The van der Waals surface area contributed by atoms with Crippen molar-refractivity contribution < 1.29 is 0 Å². The van der Waals surface area contributed by atoms with E-state index in [0.717, 1.165) is 29.2 Å². The summed E-state index contributed by atoms with van der Waals surface area (Å²) >= 11 is 6.74. The van der Waals surface area contributed by atoms with E-state index in [4.69, 9.17) is 0 Å². The van der Waals surface area contributed by atoms with E-state index in [1.54, 1.807) is 16.7 Å². The normalized spacial score (nSPS) is 10.4. The van der Waals surface area contributed by atoms with Gasteiger partial charge < -0.3 is 4.57 Å². The standard InChI is InChI=1S/C10H13Br2NO/c11-6-2-1-3-7-13-8-9(12)4-5-10(13)14/h4-5,8H,1-3,6-7H2. The molecule has 0 N–H and O–H groups in total. The number of hydrogen-bond donors (Lipinski definition) is 0. The molecular weight excluding hydrogens is 310 g/mol. The maximum Gasteiger partial charge on any atom is 0.250 e. The van der Waals surface area contributed by atoms with Crippen LogP contribution in [0.2, 0.25) is 0 Å². The van der Waals surface area contributed by atoms with Crippen molar-refractivity contribution in [2.24, 2.45) is 0 Å². The molecule has 0 aliphatic heterocycles. The van der Waals surface area contributed by atoms with E-state index in [9.17, 15) is 4.79 Å². The van der Waals surface area contributed by atoms with Crippen LogP contribution < -0.4 is 5.56 Å². The Morgan fingerprint density at radius 1 is 1.21 bits per heavy atom. The van der Waals surface area contributed by atoms with Gasteiger partial charge in [0.2, 0.25) is 0 Å². The highest BCUT2D eigenvalue weighted by molar-refractivity contribution is 9.10. The molecule has 78 valence electrons. The second-order valence-corrected chi connectivity index (χ2v) is 4.84. The summed E-state index contributed by atoms with van der Waals surface area (Å²) in [6.45, 7) is 0.811. The Labute approximate surface area is 101 Å². The lowest BCUT2D eigenvalue weighted by molar-refractivity contribution is 0.589. The average molecular weight is 323 g/mol. The van der Waals surface area contributed by atoms with Crippen LogP contribution in [0.4, 0.5) is 0 Å².